The summed E-state index contributed by atoms with van der Waals surface area (Å²) in [7, 11) is 0. The fourth-order valence-corrected chi connectivity index (χ4v) is 4.42. The summed E-state index contributed by atoms with van der Waals surface area (Å²) in [6.45, 7) is 3.65. The molecule has 3 unspecified atom stereocenters. The van der Waals surface area contributed by atoms with Crippen molar-refractivity contribution in [3.05, 3.63) is 96.3 Å². The molecule has 2 heterocycles. The lowest BCUT2D eigenvalue weighted by Crippen LogP contribution is -2.31. The van der Waals surface area contributed by atoms with Gasteiger partial charge >= 0.3 is 6.09 Å². The molecule has 1 amide bonds. The van der Waals surface area contributed by atoms with E-state index in [1.54, 1.807) is 24.5 Å². The topological polar surface area (TPSA) is 103 Å². The predicted octanol–water partition coefficient (Wildman–Crippen LogP) is 5.04. The SMILES string of the molecule is C=CCOC(=O)Nc1cccc(C2OC(CSc3ncccn3)CC(c3ccc(CO)cc3)O2)c1. The van der Waals surface area contributed by atoms with Crippen molar-refractivity contribution in [1.29, 1.82) is 0 Å². The number of nitrogens with one attached hydrogen (secondary N) is 1. The quantitative estimate of drug-likeness (QED) is 0.243. The first-order chi connectivity index (χ1) is 17.1. The molecule has 0 saturated carbocycles. The van der Waals surface area contributed by atoms with E-state index >= 15 is 0 Å². The predicted molar refractivity (Wildman–Crippen MR) is 133 cm³/mol. The molecule has 1 aliphatic rings. The molecular formula is C26H27N3O5S. The molecule has 2 aromatic carbocycles. The number of nitrogens with zero attached hydrogens (tertiary/aromatic N) is 2. The summed E-state index contributed by atoms with van der Waals surface area (Å²) in [6, 6.07) is 16.8. The molecule has 0 bridgehead atoms. The maximum Gasteiger partial charge on any atom is 0.411 e. The lowest BCUT2D eigenvalue weighted by atomic mass is 10.0. The second kappa shape index (κ2) is 12.5. The molecule has 1 aromatic heterocycles. The first kappa shape index (κ1) is 24.9. The van der Waals surface area contributed by atoms with E-state index in [4.69, 9.17) is 14.2 Å². The molecule has 8 nitrogen and oxygen atoms in total. The Hall–Kier alpha value is -3.24. The number of carbonyl (C=O) groups is 1. The molecule has 4 rings (SSSR count). The maximum absolute atomic E-state index is 11.9. The van der Waals surface area contributed by atoms with Crippen LogP contribution in [-0.4, -0.2) is 39.6 Å². The van der Waals surface area contributed by atoms with E-state index in [9.17, 15) is 9.90 Å². The summed E-state index contributed by atoms with van der Waals surface area (Å²) in [5, 5.41) is 12.8. The second-order valence-corrected chi connectivity index (χ2v) is 8.82. The standard InChI is InChI=1S/C26H27N3O5S/c1-2-13-32-26(31)29-21-6-3-5-20(14-21)24-33-22(17-35-25-27-11-4-12-28-25)15-23(34-24)19-9-7-18(16-30)8-10-19/h2-12,14,22-24,30H,1,13,15-17H2,(H,29,31). The molecule has 3 aromatic rings. The van der Waals surface area contributed by atoms with Gasteiger partial charge in [-0.1, -0.05) is 60.8 Å². The molecule has 35 heavy (non-hydrogen) atoms. The van der Waals surface area contributed by atoms with E-state index in [2.05, 4.69) is 21.9 Å². The van der Waals surface area contributed by atoms with E-state index in [0.29, 0.717) is 23.0 Å². The third kappa shape index (κ3) is 7.12. The Balaban J connectivity index is 1.51. The molecule has 182 valence electrons. The van der Waals surface area contributed by atoms with Gasteiger partial charge in [0.15, 0.2) is 11.4 Å². The van der Waals surface area contributed by atoms with Crippen LogP contribution in [0.2, 0.25) is 0 Å². The van der Waals surface area contributed by atoms with Crippen molar-refractivity contribution in [1.82, 2.24) is 9.97 Å². The minimum absolute atomic E-state index is 0.0110. The van der Waals surface area contributed by atoms with Crippen LogP contribution in [0.25, 0.3) is 0 Å². The Morgan fingerprint density at radius 3 is 2.69 bits per heavy atom. The second-order valence-electron chi connectivity index (χ2n) is 7.83. The van der Waals surface area contributed by atoms with Crippen LogP contribution in [0, 0.1) is 0 Å². The van der Waals surface area contributed by atoms with E-state index in [1.807, 2.05) is 42.5 Å². The summed E-state index contributed by atoms with van der Waals surface area (Å²) in [5.74, 6) is 0.654. The monoisotopic (exact) mass is 493 g/mol. The van der Waals surface area contributed by atoms with Crippen LogP contribution in [0.1, 0.15) is 35.5 Å². The van der Waals surface area contributed by atoms with Gasteiger partial charge in [-0.2, -0.15) is 0 Å². The summed E-state index contributed by atoms with van der Waals surface area (Å²) >= 11 is 1.53. The number of thioether (sulfide) groups is 1. The van der Waals surface area contributed by atoms with Gasteiger partial charge in [-0.05, 0) is 29.3 Å². The summed E-state index contributed by atoms with van der Waals surface area (Å²) in [4.78, 5) is 20.5. The number of amides is 1. The first-order valence-electron chi connectivity index (χ1n) is 11.2. The van der Waals surface area contributed by atoms with E-state index < -0.39 is 12.4 Å². The van der Waals surface area contributed by atoms with Crippen molar-refractivity contribution in [2.75, 3.05) is 17.7 Å². The molecule has 0 spiro atoms. The van der Waals surface area contributed by atoms with Crippen molar-refractivity contribution in [2.45, 2.75) is 36.7 Å². The van der Waals surface area contributed by atoms with Gasteiger partial charge < -0.3 is 19.3 Å². The van der Waals surface area contributed by atoms with Gasteiger partial charge in [0.05, 0.1) is 18.8 Å². The lowest BCUT2D eigenvalue weighted by Gasteiger charge is -2.36. The van der Waals surface area contributed by atoms with E-state index in [-0.39, 0.29) is 25.4 Å². The molecule has 2 N–H and O–H groups in total. The highest BCUT2D eigenvalue weighted by Crippen LogP contribution is 2.39. The van der Waals surface area contributed by atoms with Crippen molar-refractivity contribution < 1.29 is 24.1 Å². The zero-order chi connectivity index (χ0) is 24.5. The highest BCUT2D eigenvalue weighted by atomic mass is 32.2. The number of hydrogen-bond acceptors (Lipinski definition) is 8. The minimum Gasteiger partial charge on any atom is -0.445 e. The average Bonchev–Trinajstić information content (AvgIpc) is 2.91. The maximum atomic E-state index is 11.9. The van der Waals surface area contributed by atoms with Gasteiger partial charge in [0.2, 0.25) is 0 Å². The molecule has 1 aliphatic heterocycles. The zero-order valence-corrected chi connectivity index (χ0v) is 19.9. The number of rotatable bonds is 9. The summed E-state index contributed by atoms with van der Waals surface area (Å²) < 4.78 is 17.7. The highest BCUT2D eigenvalue weighted by Gasteiger charge is 2.32. The van der Waals surface area contributed by atoms with Crippen LogP contribution in [0.5, 0.6) is 0 Å². The zero-order valence-electron chi connectivity index (χ0n) is 19.1. The Bertz CT molecular complexity index is 1110. The number of aliphatic hydroxyl groups excluding tert-OH is 1. The fraction of sp³-hybridized carbons (Fsp3) is 0.269. The summed E-state index contributed by atoms with van der Waals surface area (Å²) in [6.07, 6.45) is 4.05. The van der Waals surface area contributed by atoms with Crippen molar-refractivity contribution in [3.63, 3.8) is 0 Å². The summed E-state index contributed by atoms with van der Waals surface area (Å²) in [5.41, 5.74) is 3.19. The minimum atomic E-state index is -0.639. The molecule has 1 fully saturated rings. The largest absolute Gasteiger partial charge is 0.445 e. The molecule has 3 atom stereocenters. The first-order valence-corrected chi connectivity index (χ1v) is 12.2. The number of hydrogen-bond donors (Lipinski definition) is 2. The van der Waals surface area contributed by atoms with Crippen LogP contribution in [-0.2, 0) is 20.8 Å². The third-order valence-electron chi connectivity index (χ3n) is 5.29. The van der Waals surface area contributed by atoms with Crippen LogP contribution in [0.4, 0.5) is 10.5 Å². The van der Waals surface area contributed by atoms with Gasteiger partial charge in [0, 0.05) is 35.8 Å². The number of benzene rings is 2. The lowest BCUT2D eigenvalue weighted by molar-refractivity contribution is -0.245. The van der Waals surface area contributed by atoms with Gasteiger partial charge in [-0.3, -0.25) is 5.32 Å². The molecule has 1 saturated heterocycles. The van der Waals surface area contributed by atoms with Crippen LogP contribution in [0.3, 0.4) is 0 Å². The van der Waals surface area contributed by atoms with Crippen LogP contribution in [0.15, 0.2) is 84.8 Å². The van der Waals surface area contributed by atoms with Crippen molar-refractivity contribution in [3.8, 4) is 0 Å². The van der Waals surface area contributed by atoms with E-state index in [0.717, 1.165) is 16.7 Å². The van der Waals surface area contributed by atoms with Crippen molar-refractivity contribution in [2.24, 2.45) is 0 Å². The number of aliphatic hydroxyl groups is 1. The Kier molecular flexibility index (Phi) is 8.85. The Labute approximate surface area is 208 Å². The van der Waals surface area contributed by atoms with Gasteiger partial charge in [0.25, 0.3) is 0 Å². The molecular weight excluding hydrogens is 466 g/mol. The van der Waals surface area contributed by atoms with Crippen LogP contribution >= 0.6 is 11.8 Å². The third-order valence-corrected chi connectivity index (χ3v) is 6.30. The number of ether oxygens (including phenoxy) is 3. The smallest absolute Gasteiger partial charge is 0.411 e. The molecule has 0 radical (unpaired) electrons. The van der Waals surface area contributed by atoms with E-state index in [1.165, 1.54) is 17.8 Å². The van der Waals surface area contributed by atoms with Crippen LogP contribution < -0.4 is 5.32 Å². The normalized spacial score (nSPS) is 19.6. The van der Waals surface area contributed by atoms with Gasteiger partial charge in [-0.15, -0.1) is 0 Å². The fourth-order valence-electron chi connectivity index (χ4n) is 3.60. The Morgan fingerprint density at radius 2 is 1.94 bits per heavy atom. The van der Waals surface area contributed by atoms with Gasteiger partial charge in [0.1, 0.15) is 6.61 Å². The highest BCUT2D eigenvalue weighted by molar-refractivity contribution is 7.99. The molecule has 9 heteroatoms. The number of aromatic nitrogens is 2. The average molecular weight is 494 g/mol. The van der Waals surface area contributed by atoms with Gasteiger partial charge in [-0.25, -0.2) is 14.8 Å². The number of carbonyl (C=O) groups excluding carboxylic acids is 1. The van der Waals surface area contributed by atoms with Crippen molar-refractivity contribution >= 4 is 23.5 Å². The Morgan fingerprint density at radius 1 is 1.14 bits per heavy atom. The molecule has 0 aliphatic carbocycles. The number of anilines is 1.